The van der Waals surface area contributed by atoms with E-state index in [9.17, 15) is 5.11 Å². The first-order chi connectivity index (χ1) is 7.79. The number of likely N-dealkylation sites (N-methyl/N-ethyl adjacent to an activating group) is 1. The lowest BCUT2D eigenvalue weighted by molar-refractivity contribution is -0.0278. The van der Waals surface area contributed by atoms with E-state index in [4.69, 9.17) is 4.74 Å². The molecule has 1 saturated carbocycles. The van der Waals surface area contributed by atoms with Gasteiger partial charge in [-0.05, 0) is 25.8 Å². The minimum atomic E-state index is -0.147. The predicted octanol–water partition coefficient (Wildman–Crippen LogP) is 0.210. The molecular weight excluding hydrogens is 204 g/mol. The number of nitrogens with one attached hydrogen (secondary N) is 1. The summed E-state index contributed by atoms with van der Waals surface area (Å²) >= 11 is 0. The smallest absolute Gasteiger partial charge is 0.0826 e. The van der Waals surface area contributed by atoms with Crippen LogP contribution in [0.4, 0.5) is 0 Å². The lowest BCUT2D eigenvalue weighted by Crippen LogP contribution is -2.49. The Morgan fingerprint density at radius 3 is 3.00 bits per heavy atom. The third-order valence-corrected chi connectivity index (χ3v) is 3.76. The summed E-state index contributed by atoms with van der Waals surface area (Å²) in [5.41, 5.74) is 0. The van der Waals surface area contributed by atoms with Crippen molar-refractivity contribution >= 4 is 0 Å². The van der Waals surface area contributed by atoms with Gasteiger partial charge in [-0.3, -0.25) is 4.90 Å². The zero-order valence-corrected chi connectivity index (χ0v) is 10.2. The predicted molar refractivity (Wildman–Crippen MR) is 63.5 cm³/mol. The summed E-state index contributed by atoms with van der Waals surface area (Å²) in [5, 5.41) is 13.1. The maximum Gasteiger partial charge on any atom is 0.0826 e. The van der Waals surface area contributed by atoms with Crippen LogP contribution in [-0.4, -0.2) is 61.0 Å². The van der Waals surface area contributed by atoms with E-state index in [0.29, 0.717) is 12.1 Å². The molecule has 2 fully saturated rings. The monoisotopic (exact) mass is 228 g/mol. The third-order valence-electron chi connectivity index (χ3n) is 3.76. The highest BCUT2D eigenvalue weighted by atomic mass is 16.5. The van der Waals surface area contributed by atoms with Gasteiger partial charge in [-0.25, -0.2) is 0 Å². The van der Waals surface area contributed by atoms with Crippen LogP contribution in [0.3, 0.4) is 0 Å². The molecule has 1 saturated heterocycles. The quantitative estimate of drug-likeness (QED) is 0.722. The number of hydrogen-bond acceptors (Lipinski definition) is 4. The van der Waals surface area contributed by atoms with Crippen LogP contribution in [-0.2, 0) is 4.74 Å². The molecular formula is C12H24N2O2. The second-order valence-corrected chi connectivity index (χ2v) is 4.90. The summed E-state index contributed by atoms with van der Waals surface area (Å²) in [6.07, 6.45) is 3.34. The van der Waals surface area contributed by atoms with Crippen LogP contribution in [0.2, 0.25) is 0 Å². The lowest BCUT2D eigenvalue weighted by Gasteiger charge is -2.33. The van der Waals surface area contributed by atoms with Crippen molar-refractivity contribution in [1.29, 1.82) is 0 Å². The second-order valence-electron chi connectivity index (χ2n) is 4.90. The first-order valence-electron chi connectivity index (χ1n) is 6.55. The molecule has 0 aromatic carbocycles. The molecule has 94 valence electrons. The van der Waals surface area contributed by atoms with Crippen LogP contribution in [0.5, 0.6) is 0 Å². The van der Waals surface area contributed by atoms with Crippen molar-refractivity contribution < 1.29 is 9.84 Å². The summed E-state index contributed by atoms with van der Waals surface area (Å²) < 4.78 is 5.72. The first kappa shape index (κ1) is 12.3. The lowest BCUT2D eigenvalue weighted by atomic mass is 10.2. The number of rotatable bonds is 4. The molecule has 0 aromatic rings. The second kappa shape index (κ2) is 5.96. The van der Waals surface area contributed by atoms with Crippen LogP contribution < -0.4 is 5.32 Å². The van der Waals surface area contributed by atoms with Crippen molar-refractivity contribution in [3.8, 4) is 0 Å². The Balaban J connectivity index is 1.68. The van der Waals surface area contributed by atoms with Crippen LogP contribution >= 0.6 is 0 Å². The van der Waals surface area contributed by atoms with Crippen LogP contribution in [0, 0.1) is 0 Å². The SMILES string of the molecule is CCN1CCOC(CNC2CCCC2O)C1. The van der Waals surface area contributed by atoms with Gasteiger partial charge in [0.15, 0.2) is 0 Å². The van der Waals surface area contributed by atoms with Crippen molar-refractivity contribution in [2.24, 2.45) is 0 Å². The van der Waals surface area contributed by atoms with Crippen LogP contribution in [0.1, 0.15) is 26.2 Å². The van der Waals surface area contributed by atoms with Crippen molar-refractivity contribution in [1.82, 2.24) is 10.2 Å². The Morgan fingerprint density at radius 2 is 2.31 bits per heavy atom. The van der Waals surface area contributed by atoms with E-state index in [0.717, 1.165) is 52.0 Å². The number of morpholine rings is 1. The number of nitrogens with zero attached hydrogens (tertiary/aromatic N) is 1. The molecule has 0 spiro atoms. The van der Waals surface area contributed by atoms with Gasteiger partial charge in [0, 0.05) is 25.7 Å². The van der Waals surface area contributed by atoms with Gasteiger partial charge in [-0.1, -0.05) is 6.92 Å². The average molecular weight is 228 g/mol. The molecule has 2 aliphatic rings. The summed E-state index contributed by atoms with van der Waals surface area (Å²) in [6.45, 7) is 7.08. The molecule has 0 amide bonds. The maximum atomic E-state index is 9.70. The van der Waals surface area contributed by atoms with Gasteiger partial charge in [0.2, 0.25) is 0 Å². The average Bonchev–Trinajstić information content (AvgIpc) is 2.72. The molecule has 2 N–H and O–H groups in total. The molecule has 0 bridgehead atoms. The number of ether oxygens (including phenoxy) is 1. The van der Waals surface area contributed by atoms with Crippen LogP contribution in [0.15, 0.2) is 0 Å². The van der Waals surface area contributed by atoms with Gasteiger partial charge in [0.25, 0.3) is 0 Å². The van der Waals surface area contributed by atoms with Crippen molar-refractivity contribution in [2.45, 2.75) is 44.4 Å². The van der Waals surface area contributed by atoms with Gasteiger partial charge < -0.3 is 15.2 Å². The standard InChI is InChI=1S/C12H24N2O2/c1-2-14-6-7-16-10(9-14)8-13-11-4-3-5-12(11)15/h10-13,15H,2-9H2,1H3. The Kier molecular flexibility index (Phi) is 4.58. The summed E-state index contributed by atoms with van der Waals surface area (Å²) in [5.74, 6) is 0. The zero-order valence-electron chi connectivity index (χ0n) is 10.2. The molecule has 2 rings (SSSR count). The fourth-order valence-corrected chi connectivity index (χ4v) is 2.65. The summed E-state index contributed by atoms with van der Waals surface area (Å²) in [6, 6.07) is 0.292. The Labute approximate surface area is 98.0 Å². The number of hydrogen-bond donors (Lipinski definition) is 2. The minimum absolute atomic E-state index is 0.147. The van der Waals surface area contributed by atoms with Crippen molar-refractivity contribution in [3.63, 3.8) is 0 Å². The maximum absolute atomic E-state index is 9.70. The minimum Gasteiger partial charge on any atom is -0.392 e. The van der Waals surface area contributed by atoms with E-state index in [2.05, 4.69) is 17.1 Å². The molecule has 3 atom stereocenters. The van der Waals surface area contributed by atoms with Crippen LogP contribution in [0.25, 0.3) is 0 Å². The summed E-state index contributed by atoms with van der Waals surface area (Å²) in [7, 11) is 0. The van der Waals surface area contributed by atoms with Gasteiger partial charge in [0.05, 0.1) is 18.8 Å². The summed E-state index contributed by atoms with van der Waals surface area (Å²) in [4.78, 5) is 2.42. The van der Waals surface area contributed by atoms with E-state index in [-0.39, 0.29) is 6.10 Å². The fourth-order valence-electron chi connectivity index (χ4n) is 2.65. The molecule has 4 heteroatoms. The van der Waals surface area contributed by atoms with Gasteiger partial charge in [0.1, 0.15) is 0 Å². The molecule has 0 aromatic heterocycles. The first-order valence-corrected chi connectivity index (χ1v) is 6.55. The van der Waals surface area contributed by atoms with E-state index < -0.39 is 0 Å². The molecule has 4 nitrogen and oxygen atoms in total. The normalized spacial score (nSPS) is 36.8. The van der Waals surface area contributed by atoms with Crippen molar-refractivity contribution in [2.75, 3.05) is 32.8 Å². The molecule has 3 unspecified atom stereocenters. The zero-order chi connectivity index (χ0) is 11.4. The van der Waals surface area contributed by atoms with Gasteiger partial charge in [-0.15, -0.1) is 0 Å². The van der Waals surface area contributed by atoms with Crippen molar-refractivity contribution in [3.05, 3.63) is 0 Å². The van der Waals surface area contributed by atoms with E-state index in [1.165, 1.54) is 0 Å². The highest BCUT2D eigenvalue weighted by molar-refractivity contribution is 4.84. The third kappa shape index (κ3) is 3.17. The number of aliphatic hydroxyl groups excluding tert-OH is 1. The largest absolute Gasteiger partial charge is 0.392 e. The topological polar surface area (TPSA) is 44.7 Å². The van der Waals surface area contributed by atoms with E-state index in [1.54, 1.807) is 0 Å². The Morgan fingerprint density at radius 1 is 1.44 bits per heavy atom. The highest BCUT2D eigenvalue weighted by Gasteiger charge is 2.26. The Hall–Kier alpha value is -0.160. The molecule has 1 aliphatic heterocycles. The Bertz CT molecular complexity index is 213. The molecule has 1 aliphatic carbocycles. The fraction of sp³-hybridized carbons (Fsp3) is 1.00. The molecule has 1 heterocycles. The molecule has 16 heavy (non-hydrogen) atoms. The number of aliphatic hydroxyl groups is 1. The van der Waals surface area contributed by atoms with Gasteiger partial charge >= 0.3 is 0 Å². The van der Waals surface area contributed by atoms with Gasteiger partial charge in [-0.2, -0.15) is 0 Å². The van der Waals surface area contributed by atoms with E-state index >= 15 is 0 Å². The molecule has 0 radical (unpaired) electrons. The van der Waals surface area contributed by atoms with E-state index in [1.807, 2.05) is 0 Å². The highest BCUT2D eigenvalue weighted by Crippen LogP contribution is 2.18.